The monoisotopic (exact) mass is 353 g/mol. The third-order valence-electron chi connectivity index (χ3n) is 3.78. The molecule has 1 heterocycles. The van der Waals surface area contributed by atoms with Gasteiger partial charge >= 0.3 is 6.03 Å². The average molecular weight is 353 g/mol. The molecule has 7 nitrogen and oxygen atoms in total. The fraction of sp³-hybridized carbons (Fsp3) is 0.500. The van der Waals surface area contributed by atoms with Crippen LogP contribution in [0.2, 0.25) is 0 Å². The average Bonchev–Trinajstić information content (AvgIpc) is 2.68. The highest BCUT2D eigenvalue weighted by Crippen LogP contribution is 2.19. The Balaban J connectivity index is 1.98. The molecule has 3 amide bonds. The van der Waals surface area contributed by atoms with Gasteiger partial charge in [-0.25, -0.2) is 17.9 Å². The van der Waals surface area contributed by atoms with Crippen molar-refractivity contribution in [2.75, 3.05) is 5.75 Å². The zero-order valence-corrected chi connectivity index (χ0v) is 14.9. The molecule has 24 heavy (non-hydrogen) atoms. The van der Waals surface area contributed by atoms with E-state index in [-0.39, 0.29) is 24.7 Å². The van der Waals surface area contributed by atoms with Crippen molar-refractivity contribution in [3.63, 3.8) is 0 Å². The predicted molar refractivity (Wildman–Crippen MR) is 90.5 cm³/mol. The molecule has 1 aliphatic rings. The minimum Gasteiger partial charge on any atom is -0.324 e. The third-order valence-corrected chi connectivity index (χ3v) is 5.31. The van der Waals surface area contributed by atoms with Gasteiger partial charge in [-0.15, -0.1) is 0 Å². The molecule has 0 unspecified atom stereocenters. The number of hydrogen-bond donors (Lipinski definition) is 2. The van der Waals surface area contributed by atoms with Crippen LogP contribution in [0.1, 0.15) is 38.3 Å². The lowest BCUT2D eigenvalue weighted by Crippen LogP contribution is -2.40. The number of benzene rings is 1. The van der Waals surface area contributed by atoms with Gasteiger partial charge in [0.15, 0.2) is 0 Å². The van der Waals surface area contributed by atoms with E-state index in [0.717, 1.165) is 11.1 Å². The molecule has 1 aliphatic heterocycles. The van der Waals surface area contributed by atoms with E-state index in [4.69, 9.17) is 0 Å². The molecule has 0 bridgehead atoms. The van der Waals surface area contributed by atoms with Crippen LogP contribution in [0.3, 0.4) is 0 Å². The molecule has 2 N–H and O–H groups in total. The van der Waals surface area contributed by atoms with E-state index in [1.807, 2.05) is 6.92 Å². The summed E-state index contributed by atoms with van der Waals surface area (Å²) in [6.07, 6.45) is 0.566. The second-order valence-electron chi connectivity index (χ2n) is 6.40. The molecule has 1 aromatic carbocycles. The Morgan fingerprint density at radius 1 is 1.12 bits per heavy atom. The second-order valence-corrected chi connectivity index (χ2v) is 8.33. The lowest BCUT2D eigenvalue weighted by atomic mass is 10.1. The van der Waals surface area contributed by atoms with Crippen molar-refractivity contribution >= 4 is 22.0 Å². The molecule has 1 aromatic rings. The van der Waals surface area contributed by atoms with Crippen LogP contribution in [0.15, 0.2) is 24.3 Å². The number of sulfonamides is 1. The Kier molecular flexibility index (Phi) is 5.29. The van der Waals surface area contributed by atoms with Crippen molar-refractivity contribution in [1.82, 2.24) is 14.9 Å². The Labute approximate surface area is 142 Å². The standard InChI is InChI=1S/C16H23N3O4S/c1-4-9-24(22,23)17-10-12-5-7-13(8-6-12)11-19-14(20)16(2,3)18-15(19)21/h5-8,17H,4,9-11H2,1-3H3,(H,18,21). The highest BCUT2D eigenvalue weighted by molar-refractivity contribution is 7.89. The minimum atomic E-state index is -3.24. The number of nitrogens with one attached hydrogen (secondary N) is 2. The zero-order valence-electron chi connectivity index (χ0n) is 14.1. The maximum Gasteiger partial charge on any atom is 0.325 e. The van der Waals surface area contributed by atoms with Crippen LogP contribution in [0.25, 0.3) is 0 Å². The van der Waals surface area contributed by atoms with Crippen molar-refractivity contribution in [3.8, 4) is 0 Å². The summed E-state index contributed by atoms with van der Waals surface area (Å²) in [5, 5.41) is 2.63. The van der Waals surface area contributed by atoms with Crippen molar-refractivity contribution < 1.29 is 18.0 Å². The van der Waals surface area contributed by atoms with Gasteiger partial charge in [0.1, 0.15) is 5.54 Å². The number of urea groups is 1. The number of carbonyl (C=O) groups is 2. The van der Waals surface area contributed by atoms with Gasteiger partial charge in [0.05, 0.1) is 12.3 Å². The first-order valence-corrected chi connectivity index (χ1v) is 9.49. The first-order valence-electron chi connectivity index (χ1n) is 7.84. The van der Waals surface area contributed by atoms with Gasteiger partial charge in [0.25, 0.3) is 5.91 Å². The summed E-state index contributed by atoms with van der Waals surface area (Å²) < 4.78 is 25.8. The lowest BCUT2D eigenvalue weighted by Gasteiger charge is -2.16. The van der Waals surface area contributed by atoms with Crippen molar-refractivity contribution in [2.24, 2.45) is 0 Å². The van der Waals surface area contributed by atoms with E-state index in [2.05, 4.69) is 10.0 Å². The SMILES string of the molecule is CCCS(=O)(=O)NCc1ccc(CN2C(=O)NC(C)(C)C2=O)cc1. The van der Waals surface area contributed by atoms with Crippen LogP contribution in [0.4, 0.5) is 4.79 Å². The summed E-state index contributed by atoms with van der Waals surface area (Å²) in [6, 6.07) is 6.74. The molecular formula is C16H23N3O4S. The van der Waals surface area contributed by atoms with E-state index in [9.17, 15) is 18.0 Å². The summed E-state index contributed by atoms with van der Waals surface area (Å²) >= 11 is 0. The normalized spacial score (nSPS) is 17.2. The molecular weight excluding hydrogens is 330 g/mol. The van der Waals surface area contributed by atoms with Crippen LogP contribution in [0, 0.1) is 0 Å². The second kappa shape index (κ2) is 6.90. The van der Waals surface area contributed by atoms with Gasteiger partial charge < -0.3 is 5.32 Å². The van der Waals surface area contributed by atoms with Crippen molar-refractivity contribution in [2.45, 2.75) is 45.8 Å². The number of rotatable bonds is 7. The smallest absolute Gasteiger partial charge is 0.324 e. The van der Waals surface area contributed by atoms with Gasteiger partial charge in [-0.05, 0) is 31.4 Å². The molecule has 0 saturated carbocycles. The quantitative estimate of drug-likeness (QED) is 0.723. The van der Waals surface area contributed by atoms with Crippen LogP contribution in [-0.2, 0) is 27.9 Å². The van der Waals surface area contributed by atoms with Gasteiger partial charge in [0.2, 0.25) is 10.0 Å². The van der Waals surface area contributed by atoms with E-state index in [1.165, 1.54) is 4.90 Å². The fourth-order valence-electron chi connectivity index (χ4n) is 2.44. The fourth-order valence-corrected chi connectivity index (χ4v) is 3.51. The van der Waals surface area contributed by atoms with Crippen LogP contribution in [0.5, 0.6) is 0 Å². The van der Waals surface area contributed by atoms with Crippen LogP contribution < -0.4 is 10.0 Å². The summed E-state index contributed by atoms with van der Waals surface area (Å²) in [7, 11) is -3.24. The third kappa shape index (κ3) is 4.33. The summed E-state index contributed by atoms with van der Waals surface area (Å²) in [5.41, 5.74) is 0.738. The van der Waals surface area contributed by atoms with Gasteiger partial charge in [-0.1, -0.05) is 31.2 Å². The Bertz CT molecular complexity index is 726. The summed E-state index contributed by atoms with van der Waals surface area (Å²) in [6.45, 7) is 5.55. The van der Waals surface area contributed by atoms with Gasteiger partial charge in [0, 0.05) is 6.54 Å². The molecule has 8 heteroatoms. The lowest BCUT2D eigenvalue weighted by molar-refractivity contribution is -0.130. The topological polar surface area (TPSA) is 95.6 Å². The predicted octanol–water partition coefficient (Wildman–Crippen LogP) is 1.35. The Morgan fingerprint density at radius 2 is 1.71 bits per heavy atom. The van der Waals surface area contributed by atoms with Crippen molar-refractivity contribution in [1.29, 1.82) is 0 Å². The van der Waals surface area contributed by atoms with Gasteiger partial charge in [-0.2, -0.15) is 0 Å². The molecule has 0 radical (unpaired) electrons. The minimum absolute atomic E-state index is 0.104. The van der Waals surface area contributed by atoms with Crippen molar-refractivity contribution in [3.05, 3.63) is 35.4 Å². The van der Waals surface area contributed by atoms with E-state index in [1.54, 1.807) is 38.1 Å². The Morgan fingerprint density at radius 3 is 2.21 bits per heavy atom. The molecule has 0 atom stereocenters. The molecule has 1 saturated heterocycles. The highest BCUT2D eigenvalue weighted by atomic mass is 32.2. The number of amides is 3. The molecule has 2 rings (SSSR count). The largest absolute Gasteiger partial charge is 0.325 e. The molecule has 0 aliphatic carbocycles. The van der Waals surface area contributed by atoms with Crippen LogP contribution in [-0.4, -0.2) is 36.5 Å². The number of nitrogens with zero attached hydrogens (tertiary/aromatic N) is 1. The van der Waals surface area contributed by atoms with Crippen LogP contribution >= 0.6 is 0 Å². The number of hydrogen-bond acceptors (Lipinski definition) is 4. The number of carbonyl (C=O) groups excluding carboxylic acids is 2. The first kappa shape index (κ1) is 18.4. The van der Waals surface area contributed by atoms with E-state index in [0.29, 0.717) is 6.42 Å². The highest BCUT2D eigenvalue weighted by Gasteiger charge is 2.43. The molecule has 1 fully saturated rings. The number of imide groups is 1. The van der Waals surface area contributed by atoms with Gasteiger partial charge in [-0.3, -0.25) is 9.69 Å². The Hall–Kier alpha value is -1.93. The molecule has 132 valence electrons. The first-order chi connectivity index (χ1) is 11.1. The summed E-state index contributed by atoms with van der Waals surface area (Å²) in [5.74, 6) is -0.156. The molecule has 0 aromatic heterocycles. The molecule has 0 spiro atoms. The van der Waals surface area contributed by atoms with E-state index >= 15 is 0 Å². The zero-order chi connectivity index (χ0) is 18.0. The maximum absolute atomic E-state index is 12.1. The maximum atomic E-state index is 12.1. The van der Waals surface area contributed by atoms with E-state index < -0.39 is 21.6 Å². The summed E-state index contributed by atoms with van der Waals surface area (Å²) in [4.78, 5) is 25.2.